The minimum absolute atomic E-state index is 0.178. The third kappa shape index (κ3) is 5.81. The molecule has 0 fully saturated rings. The molecule has 0 aromatic heterocycles. The van der Waals surface area contributed by atoms with Crippen molar-refractivity contribution in [3.63, 3.8) is 0 Å². The number of nitrogens with one attached hydrogen (secondary N) is 4. The topological polar surface area (TPSA) is 91.7 Å². The fraction of sp³-hybridized carbons (Fsp3) is 0.167. The van der Waals surface area contributed by atoms with Gasteiger partial charge in [0.05, 0.1) is 12.7 Å². The summed E-state index contributed by atoms with van der Waals surface area (Å²) in [5, 5.41) is 2.11. The highest BCUT2D eigenvalue weighted by Gasteiger charge is 2.18. The molecule has 0 aliphatic carbocycles. The summed E-state index contributed by atoms with van der Waals surface area (Å²) in [6.45, 7) is -0.429. The van der Waals surface area contributed by atoms with Gasteiger partial charge in [-0.2, -0.15) is 0 Å². The van der Waals surface area contributed by atoms with E-state index < -0.39 is 40.9 Å². The van der Waals surface area contributed by atoms with Crippen molar-refractivity contribution in [2.24, 2.45) is 0 Å². The number of likely N-dealkylation sites (N-methyl/N-ethyl adjacent to an activating group) is 1. The predicted molar refractivity (Wildman–Crippen MR) is 93.6 cm³/mol. The Morgan fingerprint density at radius 2 is 1.50 bits per heavy atom. The van der Waals surface area contributed by atoms with Crippen LogP contribution in [0.3, 0.4) is 0 Å². The largest absolute Gasteiger partial charge is 0.322 e. The summed E-state index contributed by atoms with van der Waals surface area (Å²) >= 11 is 0. The van der Waals surface area contributed by atoms with Crippen molar-refractivity contribution >= 4 is 23.4 Å². The van der Waals surface area contributed by atoms with Gasteiger partial charge in [0.15, 0.2) is 30.5 Å². The molecule has 28 heavy (non-hydrogen) atoms. The fourth-order valence-electron chi connectivity index (χ4n) is 2.26. The van der Waals surface area contributed by atoms with Gasteiger partial charge in [0, 0.05) is 5.56 Å². The average molecular weight is 395 g/mol. The van der Waals surface area contributed by atoms with Crippen LogP contribution in [0.2, 0.25) is 0 Å². The Morgan fingerprint density at radius 3 is 2.18 bits per heavy atom. The highest BCUT2D eigenvalue weighted by Crippen LogP contribution is 2.19. The lowest BCUT2D eigenvalue weighted by molar-refractivity contribution is -0.862. The molecule has 0 saturated heterocycles. The first-order chi connectivity index (χ1) is 13.3. The van der Waals surface area contributed by atoms with Crippen molar-refractivity contribution in [1.82, 2.24) is 10.9 Å². The summed E-state index contributed by atoms with van der Waals surface area (Å²) in [5.41, 5.74) is 4.31. The molecule has 10 heteroatoms. The smallest absolute Gasteiger partial charge is 0.293 e. The zero-order valence-corrected chi connectivity index (χ0v) is 14.8. The summed E-state index contributed by atoms with van der Waals surface area (Å²) in [6.07, 6.45) is 0. The number of amides is 3. The van der Waals surface area contributed by atoms with Crippen LogP contribution >= 0.6 is 0 Å². The molecule has 2 rings (SSSR count). The molecule has 3 amide bonds. The quantitative estimate of drug-likeness (QED) is 0.411. The van der Waals surface area contributed by atoms with Gasteiger partial charge in [-0.3, -0.25) is 25.2 Å². The zero-order chi connectivity index (χ0) is 20.7. The molecule has 2 aromatic rings. The Balaban J connectivity index is 1.79. The molecule has 0 heterocycles. The van der Waals surface area contributed by atoms with E-state index in [1.165, 1.54) is 7.05 Å². The molecule has 2 aromatic carbocycles. The van der Waals surface area contributed by atoms with E-state index in [1.54, 1.807) is 30.3 Å². The number of carbonyl (C=O) groups is 3. The van der Waals surface area contributed by atoms with Gasteiger partial charge in [-0.1, -0.05) is 18.2 Å². The summed E-state index contributed by atoms with van der Waals surface area (Å²) in [7, 11) is 1.51. The molecule has 0 spiro atoms. The lowest BCUT2D eigenvalue weighted by Gasteiger charge is -2.14. The second kappa shape index (κ2) is 9.51. The number of carbonyl (C=O) groups excluding carboxylic acids is 3. The first-order valence-electron chi connectivity index (χ1n) is 8.16. The average Bonchev–Trinajstić information content (AvgIpc) is 2.67. The van der Waals surface area contributed by atoms with E-state index in [4.69, 9.17) is 0 Å². The maximum Gasteiger partial charge on any atom is 0.293 e. The van der Waals surface area contributed by atoms with Crippen LogP contribution in [0.5, 0.6) is 0 Å². The van der Waals surface area contributed by atoms with E-state index in [2.05, 4.69) is 16.2 Å². The first-order valence-corrected chi connectivity index (χ1v) is 8.16. The van der Waals surface area contributed by atoms with Crippen LogP contribution < -0.4 is 21.1 Å². The highest BCUT2D eigenvalue weighted by molar-refractivity contribution is 5.95. The standard InChI is InChI=1S/C18H17F3N4O3/c1-25(9-14(26)22-13-8-7-12(19)16(20)17(13)21)10-15(27)23-24-18(28)11-5-3-2-4-6-11/h2-8H,9-10H2,1H3,(H,22,26)(H,23,27)(H,24,28)/p+1. The number of hydrogen-bond donors (Lipinski definition) is 4. The number of benzene rings is 2. The molecule has 1 atom stereocenters. The van der Waals surface area contributed by atoms with Crippen molar-refractivity contribution in [2.45, 2.75) is 0 Å². The molecule has 0 aliphatic heterocycles. The number of hydrogen-bond acceptors (Lipinski definition) is 3. The Bertz CT molecular complexity index is 878. The number of halogens is 3. The monoisotopic (exact) mass is 395 g/mol. The lowest BCUT2D eigenvalue weighted by atomic mass is 10.2. The summed E-state index contributed by atoms with van der Waals surface area (Å²) in [5.74, 6) is -6.33. The van der Waals surface area contributed by atoms with Gasteiger partial charge in [-0.15, -0.1) is 0 Å². The number of rotatable bonds is 6. The van der Waals surface area contributed by atoms with Crippen molar-refractivity contribution in [1.29, 1.82) is 0 Å². The Morgan fingerprint density at radius 1 is 0.857 bits per heavy atom. The van der Waals surface area contributed by atoms with E-state index in [0.717, 1.165) is 6.07 Å². The minimum Gasteiger partial charge on any atom is -0.322 e. The van der Waals surface area contributed by atoms with Crippen molar-refractivity contribution in [3.8, 4) is 0 Å². The van der Waals surface area contributed by atoms with Crippen molar-refractivity contribution < 1.29 is 32.5 Å². The molecule has 0 saturated carbocycles. The van der Waals surface area contributed by atoms with E-state index in [1.807, 2.05) is 0 Å². The third-order valence-corrected chi connectivity index (χ3v) is 3.59. The van der Waals surface area contributed by atoms with Crippen molar-refractivity contribution in [2.75, 3.05) is 25.5 Å². The highest BCUT2D eigenvalue weighted by atomic mass is 19.2. The summed E-state index contributed by atoms with van der Waals surface area (Å²) in [4.78, 5) is 35.9. The van der Waals surface area contributed by atoms with Crippen LogP contribution in [0.15, 0.2) is 42.5 Å². The predicted octanol–water partition coefficient (Wildman–Crippen LogP) is 0.0183. The van der Waals surface area contributed by atoms with Crippen LogP contribution in [0.4, 0.5) is 18.9 Å². The van der Waals surface area contributed by atoms with Crippen LogP contribution in [0, 0.1) is 17.5 Å². The molecule has 0 radical (unpaired) electrons. The zero-order valence-electron chi connectivity index (χ0n) is 14.8. The maximum absolute atomic E-state index is 13.5. The number of hydrazine groups is 1. The van der Waals surface area contributed by atoms with Crippen LogP contribution in [0.1, 0.15) is 10.4 Å². The number of anilines is 1. The molecule has 148 valence electrons. The minimum atomic E-state index is -1.69. The first kappa shape index (κ1) is 20.9. The number of quaternary nitrogens is 1. The van der Waals surface area contributed by atoms with Gasteiger partial charge in [0.2, 0.25) is 0 Å². The van der Waals surface area contributed by atoms with Gasteiger partial charge in [-0.05, 0) is 24.3 Å². The van der Waals surface area contributed by atoms with Gasteiger partial charge in [-0.25, -0.2) is 13.2 Å². The fourth-order valence-corrected chi connectivity index (χ4v) is 2.26. The van der Waals surface area contributed by atoms with E-state index in [-0.39, 0.29) is 13.1 Å². The summed E-state index contributed by atoms with van der Waals surface area (Å²) in [6, 6.07) is 9.80. The van der Waals surface area contributed by atoms with E-state index in [0.29, 0.717) is 16.5 Å². The normalized spacial score (nSPS) is 11.4. The van der Waals surface area contributed by atoms with E-state index >= 15 is 0 Å². The van der Waals surface area contributed by atoms with Gasteiger partial charge >= 0.3 is 0 Å². The molecule has 1 unspecified atom stereocenters. The van der Waals surface area contributed by atoms with Crippen LogP contribution in [0.25, 0.3) is 0 Å². The molecule has 0 bridgehead atoms. The maximum atomic E-state index is 13.5. The molecular weight excluding hydrogens is 377 g/mol. The van der Waals surface area contributed by atoms with Crippen molar-refractivity contribution in [3.05, 3.63) is 65.5 Å². The molecule has 4 N–H and O–H groups in total. The third-order valence-electron chi connectivity index (χ3n) is 3.59. The van der Waals surface area contributed by atoms with Gasteiger partial charge in [0.25, 0.3) is 17.7 Å². The van der Waals surface area contributed by atoms with Crippen LogP contribution in [-0.4, -0.2) is 37.9 Å². The Labute approximate surface area is 158 Å². The Kier molecular flexibility index (Phi) is 7.10. The second-order valence-electron chi connectivity index (χ2n) is 5.95. The molecular formula is C18H18F3N4O3+. The van der Waals surface area contributed by atoms with Crippen LogP contribution in [-0.2, 0) is 9.59 Å². The second-order valence-corrected chi connectivity index (χ2v) is 5.95. The summed E-state index contributed by atoms with van der Waals surface area (Å²) < 4.78 is 39.6. The van der Waals surface area contributed by atoms with E-state index in [9.17, 15) is 27.6 Å². The lowest BCUT2D eigenvalue weighted by Crippen LogP contribution is -3.11. The molecule has 0 aliphatic rings. The van der Waals surface area contributed by atoms with Gasteiger partial charge < -0.3 is 10.2 Å². The Hall–Kier alpha value is -3.40. The van der Waals surface area contributed by atoms with Gasteiger partial charge in [0.1, 0.15) is 0 Å². The SMILES string of the molecule is C[NH+](CC(=O)NNC(=O)c1ccccc1)CC(=O)Nc1ccc(F)c(F)c1F. The molecule has 7 nitrogen and oxygen atoms in total.